The lowest BCUT2D eigenvalue weighted by Crippen LogP contribution is -2.48. The minimum Gasteiger partial charge on any atom is -0.350 e. The molecule has 1 aliphatic heterocycles. The predicted molar refractivity (Wildman–Crippen MR) is 153 cm³/mol. The van der Waals surface area contributed by atoms with Gasteiger partial charge < -0.3 is 5.32 Å². The van der Waals surface area contributed by atoms with Gasteiger partial charge >= 0.3 is 0 Å². The molecule has 0 unspecified atom stereocenters. The Morgan fingerprint density at radius 3 is 1.67 bits per heavy atom. The zero-order valence-corrected chi connectivity index (χ0v) is 23.6. The highest BCUT2D eigenvalue weighted by atomic mass is 32.1. The van der Waals surface area contributed by atoms with Gasteiger partial charge in [-0.05, 0) is 45.1 Å². The lowest BCUT2D eigenvalue weighted by Gasteiger charge is -2.33. The molecule has 2 rings (SSSR count). The Bertz CT molecular complexity index is 545. The third kappa shape index (κ3) is 10.9. The number of nitrogens with zero attached hydrogens (tertiary/aromatic N) is 2. The molecule has 0 aromatic rings. The van der Waals surface area contributed by atoms with Gasteiger partial charge in [0.25, 0.3) is 0 Å². The summed E-state index contributed by atoms with van der Waals surface area (Å²) in [6.07, 6.45) is 28.9. The fourth-order valence-corrected chi connectivity index (χ4v) is 6.35. The second-order valence-electron chi connectivity index (χ2n) is 10.8. The first-order valence-electron chi connectivity index (χ1n) is 14.4. The van der Waals surface area contributed by atoms with E-state index in [0.717, 1.165) is 36.2 Å². The third-order valence-electron chi connectivity index (χ3n) is 7.73. The van der Waals surface area contributed by atoms with E-state index in [1.54, 1.807) is 0 Å². The van der Waals surface area contributed by atoms with Crippen molar-refractivity contribution >= 4 is 34.5 Å². The Morgan fingerprint density at radius 2 is 1.18 bits per heavy atom. The second kappa shape index (κ2) is 17.2. The van der Waals surface area contributed by atoms with Crippen molar-refractivity contribution in [1.82, 2.24) is 15.1 Å². The predicted octanol–water partition coefficient (Wildman–Crippen LogP) is 8.36. The molecule has 2 fully saturated rings. The van der Waals surface area contributed by atoms with Crippen LogP contribution >= 0.6 is 24.4 Å². The molecular formula is C28H53N3S2. The van der Waals surface area contributed by atoms with Gasteiger partial charge in [0, 0.05) is 0 Å². The molecule has 2 aliphatic rings. The van der Waals surface area contributed by atoms with Gasteiger partial charge in [-0.15, -0.1) is 0 Å². The molecule has 1 saturated heterocycles. The van der Waals surface area contributed by atoms with Crippen molar-refractivity contribution in [3.8, 4) is 0 Å². The lowest BCUT2D eigenvalue weighted by molar-refractivity contribution is 0.267. The minimum absolute atomic E-state index is 0.0141. The van der Waals surface area contributed by atoms with Gasteiger partial charge in [-0.25, -0.2) is 0 Å². The van der Waals surface area contributed by atoms with E-state index in [2.05, 4.69) is 29.1 Å². The zero-order chi connectivity index (χ0) is 23.8. The lowest BCUT2D eigenvalue weighted by atomic mass is 9.82. The van der Waals surface area contributed by atoms with Crippen LogP contribution in [0.25, 0.3) is 0 Å². The molecule has 0 bridgehead atoms. The molecule has 1 N–H and O–H groups in total. The van der Waals surface area contributed by atoms with E-state index in [1.807, 2.05) is 0 Å². The molecule has 0 aromatic heterocycles. The maximum absolute atomic E-state index is 5.87. The molecule has 3 nitrogen and oxygen atoms in total. The van der Waals surface area contributed by atoms with Crippen LogP contribution in [0.3, 0.4) is 0 Å². The molecule has 1 aliphatic carbocycles. The topological polar surface area (TPSA) is 18.5 Å². The Kier molecular flexibility index (Phi) is 15.1. The maximum atomic E-state index is 5.87. The van der Waals surface area contributed by atoms with E-state index in [9.17, 15) is 0 Å². The van der Waals surface area contributed by atoms with Crippen molar-refractivity contribution in [3.05, 3.63) is 0 Å². The van der Waals surface area contributed by atoms with E-state index >= 15 is 0 Å². The summed E-state index contributed by atoms with van der Waals surface area (Å²) >= 11 is 11.5. The SMILES string of the molecule is CCCCCCCCCCCCCCCCCCN(C)CN1C(=S)NC2(CCCCC2)C1=S. The normalized spacial score (nSPS) is 18.0. The first-order valence-corrected chi connectivity index (χ1v) is 15.2. The molecule has 0 atom stereocenters. The van der Waals surface area contributed by atoms with Gasteiger partial charge in [-0.3, -0.25) is 9.80 Å². The monoisotopic (exact) mass is 495 g/mol. The largest absolute Gasteiger partial charge is 0.350 e. The van der Waals surface area contributed by atoms with Crippen LogP contribution in [-0.4, -0.2) is 45.7 Å². The van der Waals surface area contributed by atoms with Crippen LogP contribution in [0.2, 0.25) is 0 Å². The average Bonchev–Trinajstić information content (AvgIpc) is 3.03. The molecule has 1 saturated carbocycles. The van der Waals surface area contributed by atoms with Crippen LogP contribution < -0.4 is 5.32 Å². The Labute approximate surface area is 216 Å². The highest BCUT2D eigenvalue weighted by Crippen LogP contribution is 2.34. The number of thiocarbonyl (C=S) groups is 2. The molecule has 1 heterocycles. The standard InChI is InChI=1S/C28H53N3S2/c1-3-4-5-6-7-8-9-10-11-12-13-14-15-16-17-21-24-30(2)25-31-26(32)28(29-27(31)33)22-19-18-20-23-28/h3-25H2,1-2H3,(H,29,33). The summed E-state index contributed by atoms with van der Waals surface area (Å²) in [5.74, 6) is 0. The highest BCUT2D eigenvalue weighted by molar-refractivity contribution is 7.82. The van der Waals surface area contributed by atoms with Crippen LogP contribution in [-0.2, 0) is 0 Å². The van der Waals surface area contributed by atoms with Crippen molar-refractivity contribution in [2.45, 2.75) is 147 Å². The molecule has 0 radical (unpaired) electrons. The molecule has 1 spiro atoms. The van der Waals surface area contributed by atoms with Crippen molar-refractivity contribution in [3.63, 3.8) is 0 Å². The summed E-state index contributed by atoms with van der Waals surface area (Å²) < 4.78 is 0. The maximum Gasteiger partial charge on any atom is 0.175 e. The van der Waals surface area contributed by atoms with Crippen molar-refractivity contribution in [1.29, 1.82) is 0 Å². The highest BCUT2D eigenvalue weighted by Gasteiger charge is 2.46. The van der Waals surface area contributed by atoms with Gasteiger partial charge in [0.1, 0.15) is 4.99 Å². The van der Waals surface area contributed by atoms with E-state index < -0.39 is 0 Å². The number of unbranched alkanes of at least 4 members (excludes halogenated alkanes) is 15. The summed E-state index contributed by atoms with van der Waals surface area (Å²) in [4.78, 5) is 5.63. The first kappa shape index (κ1) is 29.0. The Hall–Kier alpha value is -0.260. The molecule has 192 valence electrons. The number of nitrogens with one attached hydrogen (secondary N) is 1. The van der Waals surface area contributed by atoms with Crippen molar-refractivity contribution < 1.29 is 0 Å². The average molecular weight is 496 g/mol. The van der Waals surface area contributed by atoms with E-state index in [1.165, 1.54) is 122 Å². The van der Waals surface area contributed by atoms with Crippen LogP contribution in [0.4, 0.5) is 0 Å². The fraction of sp³-hybridized carbons (Fsp3) is 0.929. The third-order valence-corrected chi connectivity index (χ3v) is 8.66. The molecule has 0 aromatic carbocycles. The van der Waals surface area contributed by atoms with Gasteiger partial charge in [0.2, 0.25) is 0 Å². The molecule has 0 amide bonds. The van der Waals surface area contributed by atoms with Crippen LogP contribution in [0.15, 0.2) is 0 Å². The second-order valence-corrected chi connectivity index (χ2v) is 11.6. The molecular weight excluding hydrogens is 442 g/mol. The number of rotatable bonds is 19. The summed E-state index contributed by atoms with van der Waals surface area (Å²) in [5, 5.41) is 4.44. The van der Waals surface area contributed by atoms with Crippen LogP contribution in [0.1, 0.15) is 142 Å². The Balaban J connectivity index is 1.39. The minimum atomic E-state index is -0.0141. The Morgan fingerprint density at radius 1 is 0.727 bits per heavy atom. The van der Waals surface area contributed by atoms with Gasteiger partial charge in [-0.1, -0.05) is 135 Å². The summed E-state index contributed by atoms with van der Waals surface area (Å²) in [5.41, 5.74) is -0.0141. The zero-order valence-electron chi connectivity index (χ0n) is 22.0. The number of hydrogen-bond acceptors (Lipinski definition) is 3. The van der Waals surface area contributed by atoms with Gasteiger partial charge in [0.15, 0.2) is 5.11 Å². The molecule has 33 heavy (non-hydrogen) atoms. The fourth-order valence-electron chi connectivity index (χ4n) is 5.54. The summed E-state index contributed by atoms with van der Waals surface area (Å²) in [6, 6.07) is 0. The van der Waals surface area contributed by atoms with Crippen LogP contribution in [0, 0.1) is 0 Å². The number of hydrogen-bond donors (Lipinski definition) is 1. The van der Waals surface area contributed by atoms with Gasteiger partial charge in [-0.2, -0.15) is 0 Å². The van der Waals surface area contributed by atoms with E-state index in [-0.39, 0.29) is 5.54 Å². The van der Waals surface area contributed by atoms with E-state index in [0.29, 0.717) is 0 Å². The van der Waals surface area contributed by atoms with Crippen molar-refractivity contribution in [2.24, 2.45) is 0 Å². The van der Waals surface area contributed by atoms with E-state index in [4.69, 9.17) is 24.4 Å². The van der Waals surface area contributed by atoms with Gasteiger partial charge in [0.05, 0.1) is 12.2 Å². The first-order chi connectivity index (χ1) is 16.1. The molecule has 5 heteroatoms. The summed E-state index contributed by atoms with van der Waals surface area (Å²) in [6.45, 7) is 4.27. The van der Waals surface area contributed by atoms with Crippen molar-refractivity contribution in [2.75, 3.05) is 20.3 Å². The smallest absolute Gasteiger partial charge is 0.175 e. The van der Waals surface area contributed by atoms with Crippen LogP contribution in [0.5, 0.6) is 0 Å². The summed E-state index contributed by atoms with van der Waals surface area (Å²) in [7, 11) is 2.21. The quantitative estimate of drug-likeness (QED) is 0.143.